The van der Waals surface area contributed by atoms with Crippen molar-refractivity contribution in [1.29, 1.82) is 0 Å². The van der Waals surface area contributed by atoms with Gasteiger partial charge in [0, 0.05) is 26.4 Å². The molecule has 0 aliphatic carbocycles. The van der Waals surface area contributed by atoms with Crippen LogP contribution >= 0.6 is 12.2 Å². The zero-order valence-corrected chi connectivity index (χ0v) is 11.4. The minimum atomic E-state index is 0.383. The highest BCUT2D eigenvalue weighted by Gasteiger charge is 2.13. The van der Waals surface area contributed by atoms with Crippen molar-refractivity contribution < 1.29 is 4.74 Å². The number of aryl methyl sites for hydroxylation is 1. The van der Waals surface area contributed by atoms with E-state index < -0.39 is 0 Å². The molecule has 1 aromatic heterocycles. The standard InChI is InChI=1S/C12H19N3OS/c1-4-16-8-7-15(3)12-10(11(13)17)9(2)5-6-14-12/h5-6H,4,7-8H2,1-3H3,(H2,13,17). The Morgan fingerprint density at radius 2 is 2.29 bits per heavy atom. The first-order valence-corrected chi connectivity index (χ1v) is 6.03. The highest BCUT2D eigenvalue weighted by molar-refractivity contribution is 7.80. The first-order valence-electron chi connectivity index (χ1n) is 5.62. The number of pyridine rings is 1. The molecule has 0 atom stereocenters. The summed E-state index contributed by atoms with van der Waals surface area (Å²) < 4.78 is 5.32. The van der Waals surface area contributed by atoms with Crippen LogP contribution in [0.15, 0.2) is 12.3 Å². The van der Waals surface area contributed by atoms with Crippen LogP contribution in [0.3, 0.4) is 0 Å². The lowest BCUT2D eigenvalue weighted by atomic mass is 10.1. The number of ether oxygens (including phenoxy) is 1. The van der Waals surface area contributed by atoms with E-state index in [4.69, 9.17) is 22.7 Å². The molecule has 0 aliphatic rings. The maximum absolute atomic E-state index is 5.74. The molecule has 94 valence electrons. The van der Waals surface area contributed by atoms with Crippen molar-refractivity contribution in [2.45, 2.75) is 13.8 Å². The molecule has 2 N–H and O–H groups in total. The summed E-state index contributed by atoms with van der Waals surface area (Å²) in [5.41, 5.74) is 7.64. The molecule has 0 bridgehead atoms. The molecule has 0 radical (unpaired) electrons. The van der Waals surface area contributed by atoms with E-state index >= 15 is 0 Å². The fourth-order valence-electron chi connectivity index (χ4n) is 1.59. The Balaban J connectivity index is 2.89. The molecule has 1 rings (SSSR count). The van der Waals surface area contributed by atoms with Gasteiger partial charge in [0.05, 0.1) is 12.2 Å². The summed E-state index contributed by atoms with van der Waals surface area (Å²) in [4.78, 5) is 6.74. The maximum atomic E-state index is 5.74. The lowest BCUT2D eigenvalue weighted by Crippen LogP contribution is -2.27. The Kier molecular flexibility index (Phi) is 5.31. The normalized spacial score (nSPS) is 10.3. The first-order chi connectivity index (χ1) is 8.07. The summed E-state index contributed by atoms with van der Waals surface area (Å²) in [6.07, 6.45) is 1.77. The molecular weight excluding hydrogens is 234 g/mol. The predicted molar refractivity (Wildman–Crippen MR) is 74.6 cm³/mol. The highest BCUT2D eigenvalue weighted by atomic mass is 32.1. The van der Waals surface area contributed by atoms with Crippen molar-refractivity contribution in [2.24, 2.45) is 5.73 Å². The average molecular weight is 253 g/mol. The number of likely N-dealkylation sites (N-methyl/N-ethyl adjacent to an activating group) is 1. The van der Waals surface area contributed by atoms with E-state index in [0.29, 0.717) is 11.6 Å². The number of thiocarbonyl (C=S) groups is 1. The summed E-state index contributed by atoms with van der Waals surface area (Å²) in [6, 6.07) is 1.91. The Hall–Kier alpha value is -1.20. The summed E-state index contributed by atoms with van der Waals surface area (Å²) >= 11 is 5.07. The zero-order valence-electron chi connectivity index (χ0n) is 10.6. The van der Waals surface area contributed by atoms with Crippen molar-refractivity contribution in [3.8, 4) is 0 Å². The second kappa shape index (κ2) is 6.51. The van der Waals surface area contributed by atoms with E-state index in [1.54, 1.807) is 6.20 Å². The van der Waals surface area contributed by atoms with Crippen molar-refractivity contribution in [1.82, 2.24) is 4.98 Å². The zero-order chi connectivity index (χ0) is 12.8. The number of anilines is 1. The molecule has 0 amide bonds. The molecule has 4 nitrogen and oxygen atoms in total. The number of rotatable bonds is 6. The van der Waals surface area contributed by atoms with Gasteiger partial charge in [0.1, 0.15) is 10.8 Å². The van der Waals surface area contributed by atoms with Crippen LogP contribution in [0.2, 0.25) is 0 Å². The predicted octanol–water partition coefficient (Wildman–Crippen LogP) is 1.50. The van der Waals surface area contributed by atoms with Crippen LogP contribution in [-0.4, -0.2) is 36.8 Å². The summed E-state index contributed by atoms with van der Waals surface area (Å²) in [6.45, 7) is 6.11. The summed E-state index contributed by atoms with van der Waals surface area (Å²) in [5.74, 6) is 0.817. The molecule has 0 aliphatic heterocycles. The molecule has 0 unspecified atom stereocenters. The van der Waals surface area contributed by atoms with E-state index in [1.165, 1.54) is 0 Å². The SMILES string of the molecule is CCOCCN(C)c1nccc(C)c1C(N)=S. The topological polar surface area (TPSA) is 51.4 Å². The van der Waals surface area contributed by atoms with Gasteiger partial charge in [-0.3, -0.25) is 0 Å². The van der Waals surface area contributed by atoms with E-state index in [1.807, 2.05) is 31.9 Å². The molecule has 1 heterocycles. The molecule has 0 spiro atoms. The molecule has 5 heteroatoms. The van der Waals surface area contributed by atoms with E-state index in [2.05, 4.69) is 4.98 Å². The van der Waals surface area contributed by atoms with Gasteiger partial charge in [-0.05, 0) is 25.5 Å². The number of aromatic nitrogens is 1. The highest BCUT2D eigenvalue weighted by Crippen LogP contribution is 2.19. The van der Waals surface area contributed by atoms with Gasteiger partial charge in [-0.25, -0.2) is 4.98 Å². The summed E-state index contributed by atoms with van der Waals surface area (Å²) in [7, 11) is 1.96. The fraction of sp³-hybridized carbons (Fsp3) is 0.500. The minimum Gasteiger partial charge on any atom is -0.389 e. The average Bonchev–Trinajstić information content (AvgIpc) is 2.28. The molecule has 0 saturated carbocycles. The molecule has 0 saturated heterocycles. The second-order valence-corrected chi connectivity index (χ2v) is 4.25. The van der Waals surface area contributed by atoms with Gasteiger partial charge in [0.25, 0.3) is 0 Å². The van der Waals surface area contributed by atoms with Crippen LogP contribution in [0.25, 0.3) is 0 Å². The Bertz CT molecular complexity index is 395. The van der Waals surface area contributed by atoms with Crippen molar-refractivity contribution in [3.63, 3.8) is 0 Å². The maximum Gasteiger partial charge on any atom is 0.138 e. The van der Waals surface area contributed by atoms with Crippen LogP contribution in [0.5, 0.6) is 0 Å². The van der Waals surface area contributed by atoms with Crippen LogP contribution in [0.4, 0.5) is 5.82 Å². The molecule has 0 fully saturated rings. The fourth-order valence-corrected chi connectivity index (χ4v) is 1.84. The van der Waals surface area contributed by atoms with Gasteiger partial charge in [-0.2, -0.15) is 0 Å². The van der Waals surface area contributed by atoms with Crippen LogP contribution < -0.4 is 10.6 Å². The van der Waals surface area contributed by atoms with E-state index in [0.717, 1.165) is 30.1 Å². The van der Waals surface area contributed by atoms with Gasteiger partial charge in [0.15, 0.2) is 0 Å². The third-order valence-electron chi connectivity index (χ3n) is 2.52. The number of hydrogen-bond donors (Lipinski definition) is 1. The lowest BCUT2D eigenvalue weighted by Gasteiger charge is -2.21. The van der Waals surface area contributed by atoms with Gasteiger partial charge >= 0.3 is 0 Å². The molecule has 17 heavy (non-hydrogen) atoms. The van der Waals surface area contributed by atoms with Crippen molar-refractivity contribution in [2.75, 3.05) is 31.7 Å². The first kappa shape index (κ1) is 13.9. The van der Waals surface area contributed by atoms with E-state index in [9.17, 15) is 0 Å². The van der Waals surface area contributed by atoms with Gasteiger partial charge < -0.3 is 15.4 Å². The minimum absolute atomic E-state index is 0.383. The Morgan fingerprint density at radius 1 is 1.59 bits per heavy atom. The number of nitrogens with two attached hydrogens (primary N) is 1. The molecular formula is C12H19N3OS. The third kappa shape index (κ3) is 3.64. The number of hydrogen-bond acceptors (Lipinski definition) is 4. The monoisotopic (exact) mass is 253 g/mol. The smallest absolute Gasteiger partial charge is 0.138 e. The lowest BCUT2D eigenvalue weighted by molar-refractivity contribution is 0.154. The van der Waals surface area contributed by atoms with Gasteiger partial charge in [-0.1, -0.05) is 12.2 Å². The van der Waals surface area contributed by atoms with E-state index in [-0.39, 0.29) is 0 Å². The largest absolute Gasteiger partial charge is 0.389 e. The van der Waals surface area contributed by atoms with Crippen LogP contribution in [0.1, 0.15) is 18.1 Å². The number of nitrogens with zero attached hydrogens (tertiary/aromatic N) is 2. The van der Waals surface area contributed by atoms with Crippen molar-refractivity contribution in [3.05, 3.63) is 23.4 Å². The summed E-state index contributed by atoms with van der Waals surface area (Å²) in [5, 5.41) is 0. The molecule has 1 aromatic rings. The van der Waals surface area contributed by atoms with Crippen molar-refractivity contribution >= 4 is 23.0 Å². The third-order valence-corrected chi connectivity index (χ3v) is 2.73. The molecule has 0 aromatic carbocycles. The van der Waals surface area contributed by atoms with Crippen LogP contribution in [0, 0.1) is 6.92 Å². The second-order valence-electron chi connectivity index (χ2n) is 3.81. The van der Waals surface area contributed by atoms with Gasteiger partial charge in [0.2, 0.25) is 0 Å². The Morgan fingerprint density at radius 3 is 2.88 bits per heavy atom. The quantitative estimate of drug-likeness (QED) is 0.615. The van der Waals surface area contributed by atoms with Gasteiger partial charge in [-0.15, -0.1) is 0 Å². The Labute approximate surface area is 108 Å². The van der Waals surface area contributed by atoms with Crippen LogP contribution in [-0.2, 0) is 4.74 Å².